The van der Waals surface area contributed by atoms with Gasteiger partial charge in [0.25, 0.3) is 0 Å². The van der Waals surface area contributed by atoms with Gasteiger partial charge in [0, 0.05) is 24.2 Å². The molecule has 5 heteroatoms. The van der Waals surface area contributed by atoms with Gasteiger partial charge in [-0.15, -0.1) is 0 Å². The number of halogens is 1. The second-order valence-corrected chi connectivity index (χ2v) is 6.43. The molecule has 1 heterocycles. The fourth-order valence-electron chi connectivity index (χ4n) is 2.66. The summed E-state index contributed by atoms with van der Waals surface area (Å²) in [5.74, 6) is 0. The molecular formula is C17H26ClNO3. The summed E-state index contributed by atoms with van der Waals surface area (Å²) >= 11 is 5.88. The Hall–Kier alpha value is -0.650. The lowest BCUT2D eigenvalue weighted by atomic mass is 10.1. The van der Waals surface area contributed by atoms with E-state index in [0.29, 0.717) is 24.2 Å². The molecule has 1 aliphatic rings. The Balaban J connectivity index is 1.77. The van der Waals surface area contributed by atoms with Crippen molar-refractivity contribution < 1.29 is 14.6 Å². The van der Waals surface area contributed by atoms with Crippen molar-refractivity contribution in [3.8, 4) is 0 Å². The molecule has 4 atom stereocenters. The Bertz CT molecular complexity index is 454. The van der Waals surface area contributed by atoms with Gasteiger partial charge in [-0.2, -0.15) is 0 Å². The van der Waals surface area contributed by atoms with Crippen molar-refractivity contribution >= 4 is 11.6 Å². The Labute approximate surface area is 138 Å². The van der Waals surface area contributed by atoms with Crippen LogP contribution < -0.4 is 0 Å². The maximum absolute atomic E-state index is 10.2. The normalized spacial score (nSPS) is 25.9. The fraction of sp³-hybridized carbons (Fsp3) is 0.647. The lowest BCUT2D eigenvalue weighted by molar-refractivity contribution is -0.0794. The molecule has 1 aromatic carbocycles. The van der Waals surface area contributed by atoms with E-state index in [2.05, 4.69) is 18.7 Å². The highest BCUT2D eigenvalue weighted by Gasteiger charge is 2.27. The molecule has 2 rings (SSSR count). The molecule has 1 N–H and O–H groups in total. The standard InChI is InChI=1S/C17H26ClNO3/c1-12-13(2)21-9-8-19(12)10-17(20)11-22-14(3)15-4-6-16(18)7-5-15/h4-7,12-14,17,20H,8-11H2,1-3H3. The first-order valence-electron chi connectivity index (χ1n) is 7.88. The molecule has 0 aromatic heterocycles. The van der Waals surface area contributed by atoms with Crippen LogP contribution in [0, 0.1) is 0 Å². The highest BCUT2D eigenvalue weighted by atomic mass is 35.5. The van der Waals surface area contributed by atoms with E-state index in [1.54, 1.807) is 0 Å². The Morgan fingerprint density at radius 1 is 1.36 bits per heavy atom. The van der Waals surface area contributed by atoms with E-state index in [4.69, 9.17) is 21.1 Å². The van der Waals surface area contributed by atoms with Crippen molar-refractivity contribution in [2.24, 2.45) is 0 Å². The summed E-state index contributed by atoms with van der Waals surface area (Å²) < 4.78 is 11.4. The van der Waals surface area contributed by atoms with Crippen molar-refractivity contribution in [3.63, 3.8) is 0 Å². The van der Waals surface area contributed by atoms with E-state index in [0.717, 1.165) is 18.7 Å². The molecule has 0 saturated carbocycles. The molecule has 0 aliphatic carbocycles. The third-order valence-corrected chi connectivity index (χ3v) is 4.59. The minimum absolute atomic E-state index is 0.0621. The van der Waals surface area contributed by atoms with Gasteiger partial charge in [0.2, 0.25) is 0 Å². The van der Waals surface area contributed by atoms with E-state index in [1.165, 1.54) is 0 Å². The van der Waals surface area contributed by atoms with Crippen LogP contribution in [0.1, 0.15) is 32.4 Å². The summed E-state index contributed by atoms with van der Waals surface area (Å²) in [6.07, 6.45) is -0.356. The second kappa shape index (κ2) is 8.27. The van der Waals surface area contributed by atoms with Crippen LogP contribution in [0.3, 0.4) is 0 Å². The van der Waals surface area contributed by atoms with Crippen molar-refractivity contribution in [1.29, 1.82) is 0 Å². The molecule has 4 nitrogen and oxygen atoms in total. The first-order valence-corrected chi connectivity index (χ1v) is 8.26. The third kappa shape index (κ3) is 4.93. The van der Waals surface area contributed by atoms with Gasteiger partial charge in [0.15, 0.2) is 0 Å². The zero-order valence-electron chi connectivity index (χ0n) is 13.5. The highest BCUT2D eigenvalue weighted by Crippen LogP contribution is 2.20. The van der Waals surface area contributed by atoms with Gasteiger partial charge in [-0.3, -0.25) is 4.90 Å². The number of aliphatic hydroxyl groups excluding tert-OH is 1. The Kier molecular flexibility index (Phi) is 6.66. The molecule has 0 bridgehead atoms. The lowest BCUT2D eigenvalue weighted by Crippen LogP contribution is -2.51. The van der Waals surface area contributed by atoms with Gasteiger partial charge in [-0.25, -0.2) is 0 Å². The number of nitrogens with zero attached hydrogens (tertiary/aromatic N) is 1. The van der Waals surface area contributed by atoms with E-state index >= 15 is 0 Å². The zero-order valence-corrected chi connectivity index (χ0v) is 14.3. The molecule has 4 unspecified atom stereocenters. The number of hydrogen-bond donors (Lipinski definition) is 1. The Morgan fingerprint density at radius 3 is 2.73 bits per heavy atom. The van der Waals surface area contributed by atoms with E-state index in [-0.39, 0.29) is 12.2 Å². The lowest BCUT2D eigenvalue weighted by Gasteiger charge is -2.38. The average molecular weight is 328 g/mol. The second-order valence-electron chi connectivity index (χ2n) is 5.99. The van der Waals surface area contributed by atoms with Gasteiger partial charge >= 0.3 is 0 Å². The van der Waals surface area contributed by atoms with Crippen LogP contribution in [0.2, 0.25) is 5.02 Å². The largest absolute Gasteiger partial charge is 0.389 e. The average Bonchev–Trinajstić information content (AvgIpc) is 2.50. The number of morpholine rings is 1. The van der Waals surface area contributed by atoms with E-state index in [9.17, 15) is 5.11 Å². The number of hydrogen-bond acceptors (Lipinski definition) is 4. The summed E-state index contributed by atoms with van der Waals surface area (Å²) in [5, 5.41) is 10.9. The fourth-order valence-corrected chi connectivity index (χ4v) is 2.79. The third-order valence-electron chi connectivity index (χ3n) is 4.34. The number of β-amino-alcohol motifs (C(OH)–C–C–N with tert-alkyl or cyclic N) is 1. The van der Waals surface area contributed by atoms with Crippen molar-refractivity contribution in [2.75, 3.05) is 26.3 Å². The molecule has 1 saturated heterocycles. The summed E-state index contributed by atoms with van der Waals surface area (Å²) in [6, 6.07) is 7.92. The summed E-state index contributed by atoms with van der Waals surface area (Å²) in [6.45, 7) is 8.70. The minimum atomic E-state index is -0.498. The van der Waals surface area contributed by atoms with Crippen LogP contribution in [-0.4, -0.2) is 54.6 Å². The molecule has 1 fully saturated rings. The predicted molar refractivity (Wildman–Crippen MR) is 88.3 cm³/mol. The molecule has 0 amide bonds. The van der Waals surface area contributed by atoms with E-state index < -0.39 is 6.10 Å². The molecule has 124 valence electrons. The van der Waals surface area contributed by atoms with Gasteiger partial charge in [-0.1, -0.05) is 23.7 Å². The number of benzene rings is 1. The van der Waals surface area contributed by atoms with Gasteiger partial charge in [0.05, 0.1) is 31.5 Å². The van der Waals surface area contributed by atoms with Gasteiger partial charge in [0.1, 0.15) is 0 Å². The quantitative estimate of drug-likeness (QED) is 0.872. The molecule has 0 spiro atoms. The summed E-state index contributed by atoms with van der Waals surface area (Å²) in [5.41, 5.74) is 1.06. The molecular weight excluding hydrogens is 302 g/mol. The van der Waals surface area contributed by atoms with Crippen molar-refractivity contribution in [1.82, 2.24) is 4.90 Å². The smallest absolute Gasteiger partial charge is 0.0900 e. The predicted octanol–water partition coefficient (Wildman–Crippen LogP) is 2.89. The molecule has 22 heavy (non-hydrogen) atoms. The first kappa shape index (κ1) is 17.7. The van der Waals surface area contributed by atoms with Crippen LogP contribution >= 0.6 is 11.6 Å². The summed E-state index contributed by atoms with van der Waals surface area (Å²) in [7, 11) is 0. The van der Waals surface area contributed by atoms with Crippen LogP contribution in [0.25, 0.3) is 0 Å². The number of ether oxygens (including phenoxy) is 2. The molecule has 1 aromatic rings. The zero-order chi connectivity index (χ0) is 16.1. The van der Waals surface area contributed by atoms with Crippen LogP contribution in [-0.2, 0) is 9.47 Å². The topological polar surface area (TPSA) is 41.9 Å². The van der Waals surface area contributed by atoms with E-state index in [1.807, 2.05) is 31.2 Å². The maximum Gasteiger partial charge on any atom is 0.0900 e. The van der Waals surface area contributed by atoms with Gasteiger partial charge in [-0.05, 0) is 38.5 Å². The SMILES string of the molecule is CC(OCC(O)CN1CCOC(C)C1C)c1ccc(Cl)cc1. The first-order chi connectivity index (χ1) is 10.5. The van der Waals surface area contributed by atoms with Gasteiger partial charge < -0.3 is 14.6 Å². The molecule has 1 aliphatic heterocycles. The summed E-state index contributed by atoms with van der Waals surface area (Å²) in [4.78, 5) is 2.26. The van der Waals surface area contributed by atoms with Crippen molar-refractivity contribution in [3.05, 3.63) is 34.9 Å². The van der Waals surface area contributed by atoms with Crippen LogP contribution in [0.4, 0.5) is 0 Å². The van der Waals surface area contributed by atoms with Crippen LogP contribution in [0.15, 0.2) is 24.3 Å². The number of rotatable bonds is 6. The highest BCUT2D eigenvalue weighted by molar-refractivity contribution is 6.30. The minimum Gasteiger partial charge on any atom is -0.389 e. The van der Waals surface area contributed by atoms with Crippen LogP contribution in [0.5, 0.6) is 0 Å². The van der Waals surface area contributed by atoms with Crippen molar-refractivity contribution in [2.45, 2.75) is 45.1 Å². The molecule has 0 radical (unpaired) electrons. The number of aliphatic hydroxyl groups is 1. The monoisotopic (exact) mass is 327 g/mol. The Morgan fingerprint density at radius 2 is 2.05 bits per heavy atom. The maximum atomic E-state index is 10.2.